The first-order valence-corrected chi connectivity index (χ1v) is 5.50. The van der Waals surface area contributed by atoms with E-state index >= 15 is 0 Å². The van der Waals surface area contributed by atoms with Crippen LogP contribution >= 0.6 is 15.9 Å². The Hall–Kier alpha value is -1.16. The second-order valence-electron chi connectivity index (χ2n) is 3.48. The molecule has 0 aromatic heterocycles. The third kappa shape index (κ3) is 1.69. The van der Waals surface area contributed by atoms with Gasteiger partial charge in [0.1, 0.15) is 0 Å². The van der Waals surface area contributed by atoms with Crippen LogP contribution in [0.2, 0.25) is 0 Å². The minimum atomic E-state index is -0.0318. The van der Waals surface area contributed by atoms with Crippen LogP contribution in [0.1, 0.15) is 23.7 Å². The lowest BCUT2D eigenvalue weighted by Crippen LogP contribution is -2.36. The maximum atomic E-state index is 11.6. The molecule has 1 aliphatic heterocycles. The molecular weight excluding hydrogens is 258 g/mol. The molecule has 1 aromatic carbocycles. The minimum Gasteiger partial charge on any atom is -0.310 e. The zero-order chi connectivity index (χ0) is 11.0. The van der Waals surface area contributed by atoms with Crippen LogP contribution in [0.15, 0.2) is 22.7 Å². The second-order valence-corrected chi connectivity index (χ2v) is 4.33. The zero-order valence-corrected chi connectivity index (χ0v) is 9.87. The van der Waals surface area contributed by atoms with Crippen molar-refractivity contribution < 1.29 is 9.59 Å². The maximum Gasteiger partial charge on any atom is 0.223 e. The van der Waals surface area contributed by atoms with Crippen LogP contribution in [-0.2, 0) is 4.79 Å². The molecule has 0 unspecified atom stereocenters. The summed E-state index contributed by atoms with van der Waals surface area (Å²) < 4.78 is 0.795. The Morgan fingerprint density at radius 1 is 1.47 bits per heavy atom. The number of nitrogens with zero attached hydrogens (tertiary/aromatic N) is 1. The van der Waals surface area contributed by atoms with Crippen molar-refractivity contribution in [2.24, 2.45) is 0 Å². The van der Waals surface area contributed by atoms with Crippen LogP contribution in [0.3, 0.4) is 0 Å². The summed E-state index contributed by atoms with van der Waals surface area (Å²) >= 11 is 3.37. The van der Waals surface area contributed by atoms with Crippen molar-refractivity contribution in [2.45, 2.75) is 13.3 Å². The molecule has 0 aliphatic carbocycles. The summed E-state index contributed by atoms with van der Waals surface area (Å²) in [6.45, 7) is 1.99. The smallest absolute Gasteiger partial charge is 0.223 e. The molecule has 0 bridgehead atoms. The van der Waals surface area contributed by atoms with Crippen LogP contribution in [-0.4, -0.2) is 18.2 Å². The summed E-state index contributed by atoms with van der Waals surface area (Å²) in [5, 5.41) is 0. The predicted molar refractivity (Wildman–Crippen MR) is 61.1 cm³/mol. The normalized spacial score (nSPS) is 15.1. The number of fused-ring (bicyclic) bond motifs is 1. The van der Waals surface area contributed by atoms with Gasteiger partial charge in [-0.2, -0.15) is 0 Å². The average Bonchev–Trinajstić information content (AvgIpc) is 2.19. The molecule has 4 heteroatoms. The molecule has 78 valence electrons. The Labute approximate surface area is 96.2 Å². The van der Waals surface area contributed by atoms with Crippen molar-refractivity contribution in [1.29, 1.82) is 0 Å². The lowest BCUT2D eigenvalue weighted by atomic mass is 10.0. The fourth-order valence-electron chi connectivity index (χ4n) is 1.79. The van der Waals surface area contributed by atoms with E-state index < -0.39 is 0 Å². The van der Waals surface area contributed by atoms with Gasteiger partial charge in [-0.1, -0.05) is 6.07 Å². The number of Topliss-reactive ketones (excluding diaryl/α,β-unsaturated/α-hetero) is 1. The summed E-state index contributed by atoms with van der Waals surface area (Å²) in [6, 6.07) is 5.41. The lowest BCUT2D eigenvalue weighted by Gasteiger charge is -2.28. The number of para-hydroxylation sites is 1. The van der Waals surface area contributed by atoms with Gasteiger partial charge in [-0.3, -0.25) is 9.59 Å². The molecule has 0 spiro atoms. The van der Waals surface area contributed by atoms with Gasteiger partial charge in [0.15, 0.2) is 5.78 Å². The number of rotatable bonds is 0. The standard InChI is InChI=1S/C11H10BrNO2/c1-7(14)13-6-5-10(15)8-3-2-4-9(12)11(8)13/h2-4H,5-6H2,1H3. The molecule has 0 radical (unpaired) electrons. The van der Waals surface area contributed by atoms with Gasteiger partial charge >= 0.3 is 0 Å². The van der Waals surface area contributed by atoms with E-state index in [2.05, 4.69) is 15.9 Å². The minimum absolute atomic E-state index is 0.0318. The number of hydrogen-bond acceptors (Lipinski definition) is 2. The highest BCUT2D eigenvalue weighted by atomic mass is 79.9. The Balaban J connectivity index is 2.61. The molecule has 2 rings (SSSR count). The molecular formula is C11H10BrNO2. The number of anilines is 1. The van der Waals surface area contributed by atoms with E-state index in [0.29, 0.717) is 24.2 Å². The average molecular weight is 268 g/mol. The Morgan fingerprint density at radius 2 is 2.20 bits per heavy atom. The molecule has 0 fully saturated rings. The van der Waals surface area contributed by atoms with Gasteiger partial charge in [0.25, 0.3) is 0 Å². The second kappa shape index (κ2) is 3.77. The van der Waals surface area contributed by atoms with E-state index in [-0.39, 0.29) is 11.7 Å². The molecule has 15 heavy (non-hydrogen) atoms. The third-order valence-electron chi connectivity index (χ3n) is 2.50. The highest BCUT2D eigenvalue weighted by Gasteiger charge is 2.26. The third-order valence-corrected chi connectivity index (χ3v) is 3.14. The van der Waals surface area contributed by atoms with E-state index in [1.165, 1.54) is 6.92 Å². The van der Waals surface area contributed by atoms with E-state index in [9.17, 15) is 9.59 Å². The number of carbonyl (C=O) groups excluding carboxylic acids is 2. The SMILES string of the molecule is CC(=O)N1CCC(=O)c2cccc(Br)c21. The van der Waals surface area contributed by atoms with Crippen molar-refractivity contribution in [3.63, 3.8) is 0 Å². The topological polar surface area (TPSA) is 37.4 Å². The quantitative estimate of drug-likeness (QED) is 0.724. The lowest BCUT2D eigenvalue weighted by molar-refractivity contribution is -0.116. The Kier molecular flexibility index (Phi) is 2.61. The van der Waals surface area contributed by atoms with Crippen molar-refractivity contribution in [3.05, 3.63) is 28.2 Å². The zero-order valence-electron chi connectivity index (χ0n) is 8.29. The Morgan fingerprint density at radius 3 is 2.87 bits per heavy atom. The summed E-state index contributed by atoms with van der Waals surface area (Å²) in [5.74, 6) is 0.0689. The van der Waals surface area contributed by atoms with E-state index in [1.54, 1.807) is 11.0 Å². The molecule has 0 saturated heterocycles. The maximum absolute atomic E-state index is 11.6. The van der Waals surface area contributed by atoms with E-state index in [4.69, 9.17) is 0 Å². The molecule has 0 N–H and O–H groups in total. The van der Waals surface area contributed by atoms with Crippen LogP contribution in [0.4, 0.5) is 5.69 Å². The van der Waals surface area contributed by atoms with Crippen molar-refractivity contribution >= 4 is 33.3 Å². The first-order chi connectivity index (χ1) is 7.11. The van der Waals surface area contributed by atoms with Gasteiger partial charge < -0.3 is 4.90 Å². The molecule has 3 nitrogen and oxygen atoms in total. The van der Waals surface area contributed by atoms with Gasteiger partial charge in [-0.25, -0.2) is 0 Å². The fourth-order valence-corrected chi connectivity index (χ4v) is 2.37. The Bertz CT molecular complexity index is 442. The molecule has 0 atom stereocenters. The van der Waals surface area contributed by atoms with Gasteiger partial charge in [0.2, 0.25) is 5.91 Å². The number of amides is 1. The van der Waals surface area contributed by atoms with E-state index in [0.717, 1.165) is 4.47 Å². The number of carbonyl (C=O) groups is 2. The highest BCUT2D eigenvalue weighted by molar-refractivity contribution is 9.10. The molecule has 1 heterocycles. The van der Waals surface area contributed by atoms with Gasteiger partial charge in [-0.05, 0) is 28.1 Å². The molecule has 1 aromatic rings. The summed E-state index contributed by atoms with van der Waals surface area (Å²) in [4.78, 5) is 24.7. The fraction of sp³-hybridized carbons (Fsp3) is 0.273. The van der Waals surface area contributed by atoms with Crippen LogP contribution in [0.25, 0.3) is 0 Å². The van der Waals surface area contributed by atoms with Crippen LogP contribution in [0, 0.1) is 0 Å². The van der Waals surface area contributed by atoms with Crippen molar-refractivity contribution in [1.82, 2.24) is 0 Å². The number of ketones is 1. The predicted octanol–water partition coefficient (Wildman–Crippen LogP) is 2.39. The molecule has 1 aliphatic rings. The van der Waals surface area contributed by atoms with E-state index in [1.807, 2.05) is 12.1 Å². The largest absolute Gasteiger partial charge is 0.310 e. The number of hydrogen-bond donors (Lipinski definition) is 0. The van der Waals surface area contributed by atoms with Crippen LogP contribution in [0.5, 0.6) is 0 Å². The van der Waals surface area contributed by atoms with Crippen LogP contribution < -0.4 is 4.90 Å². The summed E-state index contributed by atoms with van der Waals surface area (Å²) in [6.07, 6.45) is 0.406. The van der Waals surface area contributed by atoms with Crippen molar-refractivity contribution in [3.8, 4) is 0 Å². The van der Waals surface area contributed by atoms with Gasteiger partial charge in [0.05, 0.1) is 5.69 Å². The summed E-state index contributed by atoms with van der Waals surface area (Å²) in [5.41, 5.74) is 1.34. The van der Waals surface area contributed by atoms with Gasteiger partial charge in [-0.15, -0.1) is 0 Å². The summed E-state index contributed by atoms with van der Waals surface area (Å²) in [7, 11) is 0. The number of benzene rings is 1. The first-order valence-electron chi connectivity index (χ1n) is 4.71. The monoisotopic (exact) mass is 267 g/mol. The highest BCUT2D eigenvalue weighted by Crippen LogP contribution is 2.34. The van der Waals surface area contributed by atoms with Crippen molar-refractivity contribution in [2.75, 3.05) is 11.4 Å². The molecule has 0 saturated carbocycles. The first kappa shape index (κ1) is 10.4. The molecule has 1 amide bonds. The number of halogens is 1. The van der Waals surface area contributed by atoms with Gasteiger partial charge in [0, 0.05) is 29.9 Å².